The molecule has 0 aromatic heterocycles. The molecule has 0 spiro atoms. The first kappa shape index (κ1) is 27.9. The molecule has 2 N–H and O–H groups in total. The molecule has 4 rings (SSSR count). The Hall–Kier alpha value is -2.08. The minimum absolute atomic E-state index is 0.279. The highest BCUT2D eigenvalue weighted by molar-refractivity contribution is 6.31. The van der Waals surface area contributed by atoms with Gasteiger partial charge in [-0.15, -0.1) is 4.51 Å². The van der Waals surface area contributed by atoms with Gasteiger partial charge >= 0.3 is 0 Å². The first-order valence-electron chi connectivity index (χ1n) is 13.5. The highest BCUT2D eigenvalue weighted by Crippen LogP contribution is 2.30. The van der Waals surface area contributed by atoms with Crippen LogP contribution in [0.2, 0.25) is 10.0 Å². The van der Waals surface area contributed by atoms with E-state index in [2.05, 4.69) is 25.6 Å². The Labute approximate surface area is 235 Å². The topological polar surface area (TPSA) is 61.1 Å². The zero-order valence-electron chi connectivity index (χ0n) is 21.2. The molecule has 198 valence electrons. The Morgan fingerprint density at radius 3 is 1.38 bits per heavy atom. The van der Waals surface area contributed by atoms with Gasteiger partial charge in [0, 0.05) is 21.8 Å². The molecule has 0 radical (unpaired) electrons. The van der Waals surface area contributed by atoms with Crippen molar-refractivity contribution >= 4 is 52.4 Å². The van der Waals surface area contributed by atoms with Gasteiger partial charge in [0.25, 0.3) is 0 Å². The molecule has 0 amide bonds. The molecule has 0 saturated heterocycles. The summed E-state index contributed by atoms with van der Waals surface area (Å²) in [6.07, 6.45) is 14.5. The van der Waals surface area contributed by atoms with Gasteiger partial charge in [0.2, 0.25) is 5.96 Å². The third-order valence-electron chi connectivity index (χ3n) is 7.56. The van der Waals surface area contributed by atoms with Gasteiger partial charge in [0.05, 0.1) is 11.4 Å². The van der Waals surface area contributed by atoms with Gasteiger partial charge in [0.1, 0.15) is 0 Å². The van der Waals surface area contributed by atoms with Crippen LogP contribution in [0.5, 0.6) is 0 Å². The van der Waals surface area contributed by atoms with Gasteiger partial charge in [-0.1, -0.05) is 98.8 Å². The minimum Gasteiger partial charge on any atom is -0.245 e. The smallest absolute Gasteiger partial charge is 0.245 e. The maximum absolute atomic E-state index is 6.12. The Balaban J connectivity index is 1.45. The number of hydrogen-bond donors (Lipinski definition) is 2. The standard InChI is InChI=1S/C29H36Cl3N5/c30-25-15-11-23(12-16-25)27(19-9-21-5-1-2-6-21)34-36-29(33-32)37-35-28(20-10-22-7-3-4-8-22)24-13-17-26(31)18-14-24/h11-18,21-22H,1-10,19-20H2,(H2,33,36,37)/b34-27+,35-28+. The average molecular weight is 561 g/mol. The van der Waals surface area contributed by atoms with Crippen molar-refractivity contribution < 1.29 is 0 Å². The molecule has 0 aliphatic heterocycles. The van der Waals surface area contributed by atoms with Crippen LogP contribution >= 0.6 is 35.0 Å². The number of halogens is 3. The summed E-state index contributed by atoms with van der Waals surface area (Å²) in [6.45, 7) is 0. The zero-order valence-corrected chi connectivity index (χ0v) is 23.5. The number of benzene rings is 2. The second-order valence-electron chi connectivity index (χ2n) is 10.2. The van der Waals surface area contributed by atoms with E-state index in [0.717, 1.165) is 60.1 Å². The summed E-state index contributed by atoms with van der Waals surface area (Å²) in [5.74, 6) is 1.81. The largest absolute Gasteiger partial charge is 0.250 e. The van der Waals surface area contributed by atoms with Crippen LogP contribution in [0.1, 0.15) is 88.2 Å². The van der Waals surface area contributed by atoms with E-state index in [-0.39, 0.29) is 5.96 Å². The Kier molecular flexibility index (Phi) is 11.1. The fourth-order valence-electron chi connectivity index (χ4n) is 5.40. The van der Waals surface area contributed by atoms with Crippen molar-refractivity contribution in [2.24, 2.45) is 26.6 Å². The van der Waals surface area contributed by atoms with Gasteiger partial charge in [-0.05, 0) is 72.9 Å². The van der Waals surface area contributed by atoms with Crippen molar-refractivity contribution in [1.82, 2.24) is 10.9 Å². The number of rotatable bonds is 10. The average Bonchev–Trinajstić information content (AvgIpc) is 3.63. The predicted molar refractivity (Wildman–Crippen MR) is 158 cm³/mol. The molecule has 0 heterocycles. The van der Waals surface area contributed by atoms with Crippen molar-refractivity contribution in [1.29, 1.82) is 0 Å². The lowest BCUT2D eigenvalue weighted by Gasteiger charge is -2.13. The Morgan fingerprint density at radius 2 is 1.03 bits per heavy atom. The summed E-state index contributed by atoms with van der Waals surface area (Å²) in [5.41, 5.74) is 9.98. The molecule has 37 heavy (non-hydrogen) atoms. The fraction of sp³-hybridized carbons (Fsp3) is 0.483. The number of guanidine groups is 1. The molecular formula is C29H36Cl3N5. The molecule has 0 bridgehead atoms. The number of hydrogen-bond acceptors (Lipinski definition) is 3. The van der Waals surface area contributed by atoms with Crippen LogP contribution in [0.3, 0.4) is 0 Å². The highest BCUT2D eigenvalue weighted by atomic mass is 35.5. The molecule has 2 fully saturated rings. The summed E-state index contributed by atoms with van der Waals surface area (Å²) >= 11 is 18.2. The molecule has 2 saturated carbocycles. The molecular weight excluding hydrogens is 525 g/mol. The summed E-state index contributed by atoms with van der Waals surface area (Å²) in [7, 11) is 0. The maximum atomic E-state index is 6.12. The summed E-state index contributed by atoms with van der Waals surface area (Å²) in [5, 5.41) is 10.8. The summed E-state index contributed by atoms with van der Waals surface area (Å²) in [4.78, 5) is 0. The Bertz CT molecular complexity index is 984. The lowest BCUT2D eigenvalue weighted by Crippen LogP contribution is -2.32. The SMILES string of the molecule is ClN=C(N/N=C(\CCC1CCCC1)c1ccc(Cl)cc1)N/N=C(\CCC1CCCC1)c1ccc(Cl)cc1. The molecule has 0 unspecified atom stereocenters. The van der Waals surface area contributed by atoms with Crippen LogP contribution < -0.4 is 10.9 Å². The number of nitrogens with zero attached hydrogens (tertiary/aromatic N) is 3. The third-order valence-corrected chi connectivity index (χ3v) is 8.23. The lowest BCUT2D eigenvalue weighted by atomic mass is 9.97. The van der Waals surface area contributed by atoms with E-state index in [9.17, 15) is 0 Å². The van der Waals surface area contributed by atoms with E-state index in [1.54, 1.807) is 0 Å². The van der Waals surface area contributed by atoms with Gasteiger partial charge < -0.3 is 0 Å². The third kappa shape index (κ3) is 9.01. The first-order valence-corrected chi connectivity index (χ1v) is 14.6. The van der Waals surface area contributed by atoms with Crippen LogP contribution in [0.15, 0.2) is 63.2 Å². The van der Waals surface area contributed by atoms with Crippen molar-refractivity contribution in [3.8, 4) is 0 Å². The lowest BCUT2D eigenvalue weighted by molar-refractivity contribution is 0.514. The second kappa shape index (κ2) is 14.8. The van der Waals surface area contributed by atoms with Gasteiger partial charge in [0.15, 0.2) is 0 Å². The van der Waals surface area contributed by atoms with Crippen LogP contribution in [0.4, 0.5) is 0 Å². The van der Waals surface area contributed by atoms with E-state index in [1.807, 2.05) is 48.5 Å². The molecule has 2 aliphatic rings. The van der Waals surface area contributed by atoms with Crippen LogP contribution in [-0.4, -0.2) is 17.4 Å². The quantitative estimate of drug-likeness (QED) is 0.173. The van der Waals surface area contributed by atoms with E-state index in [4.69, 9.17) is 35.0 Å². The van der Waals surface area contributed by atoms with Crippen LogP contribution in [0.25, 0.3) is 0 Å². The molecule has 5 nitrogen and oxygen atoms in total. The monoisotopic (exact) mass is 559 g/mol. The van der Waals surface area contributed by atoms with Crippen molar-refractivity contribution in [3.63, 3.8) is 0 Å². The van der Waals surface area contributed by atoms with Gasteiger partial charge in [-0.3, -0.25) is 0 Å². The van der Waals surface area contributed by atoms with Crippen molar-refractivity contribution in [3.05, 3.63) is 69.7 Å². The zero-order chi connectivity index (χ0) is 25.9. The summed E-state index contributed by atoms with van der Waals surface area (Å²) < 4.78 is 3.83. The fourth-order valence-corrected chi connectivity index (χ4v) is 5.73. The molecule has 2 aromatic rings. The second-order valence-corrected chi connectivity index (χ2v) is 11.2. The molecule has 2 aliphatic carbocycles. The maximum Gasteiger partial charge on any atom is 0.250 e. The summed E-state index contributed by atoms with van der Waals surface area (Å²) in [6, 6.07) is 15.6. The molecule has 2 aromatic carbocycles. The van der Waals surface area contributed by atoms with Crippen LogP contribution in [0, 0.1) is 11.8 Å². The molecule has 0 atom stereocenters. The van der Waals surface area contributed by atoms with Gasteiger partial charge in [-0.2, -0.15) is 10.2 Å². The van der Waals surface area contributed by atoms with E-state index in [1.165, 1.54) is 51.4 Å². The normalized spacial score (nSPS) is 17.3. The number of nitrogens with one attached hydrogen (secondary N) is 2. The first-order chi connectivity index (χ1) is 18.1. The molecule has 8 heteroatoms. The highest BCUT2D eigenvalue weighted by Gasteiger charge is 2.18. The van der Waals surface area contributed by atoms with Crippen LogP contribution in [-0.2, 0) is 0 Å². The Morgan fingerprint density at radius 1 is 0.649 bits per heavy atom. The van der Waals surface area contributed by atoms with Crippen molar-refractivity contribution in [2.75, 3.05) is 0 Å². The van der Waals surface area contributed by atoms with E-state index in [0.29, 0.717) is 10.0 Å². The van der Waals surface area contributed by atoms with E-state index >= 15 is 0 Å². The van der Waals surface area contributed by atoms with Crippen molar-refractivity contribution in [2.45, 2.75) is 77.0 Å². The number of hydrazone groups is 2. The minimum atomic E-state index is 0.279. The van der Waals surface area contributed by atoms with E-state index < -0.39 is 0 Å². The van der Waals surface area contributed by atoms with Gasteiger partial charge in [-0.25, -0.2) is 10.9 Å². The predicted octanol–water partition coefficient (Wildman–Crippen LogP) is 8.73.